The van der Waals surface area contributed by atoms with Gasteiger partial charge in [-0.05, 0) is 12.1 Å². The highest BCUT2D eigenvalue weighted by atomic mass is 35.5. The number of nitro groups is 2. The van der Waals surface area contributed by atoms with E-state index in [9.17, 15) is 29.8 Å². The average molecular weight is 380 g/mol. The van der Waals surface area contributed by atoms with Crippen LogP contribution in [0, 0.1) is 20.2 Å². The minimum Gasteiger partial charge on any atom is -0.452 e. The molecule has 0 spiro atoms. The van der Waals surface area contributed by atoms with E-state index in [0.29, 0.717) is 0 Å². The predicted molar refractivity (Wildman–Crippen MR) is 90.1 cm³/mol. The molecule has 0 aliphatic heterocycles. The van der Waals surface area contributed by atoms with E-state index in [2.05, 4.69) is 5.32 Å². The van der Waals surface area contributed by atoms with Crippen molar-refractivity contribution in [1.29, 1.82) is 0 Å². The first-order valence-electron chi connectivity index (χ1n) is 6.93. The first kappa shape index (κ1) is 18.8. The lowest BCUT2D eigenvalue weighted by atomic mass is 10.2. The quantitative estimate of drug-likeness (QED) is 0.461. The summed E-state index contributed by atoms with van der Waals surface area (Å²) in [5.41, 5.74) is -0.691. The fourth-order valence-corrected chi connectivity index (χ4v) is 2.08. The van der Waals surface area contributed by atoms with E-state index in [1.165, 1.54) is 24.3 Å². The summed E-state index contributed by atoms with van der Waals surface area (Å²) < 4.78 is 4.76. The van der Waals surface area contributed by atoms with Crippen LogP contribution in [0.3, 0.4) is 0 Å². The van der Waals surface area contributed by atoms with Gasteiger partial charge in [0.25, 0.3) is 17.3 Å². The first-order chi connectivity index (χ1) is 12.3. The van der Waals surface area contributed by atoms with Gasteiger partial charge in [0.2, 0.25) is 0 Å². The molecule has 0 aliphatic carbocycles. The smallest absolute Gasteiger partial charge is 0.340 e. The molecule has 134 valence electrons. The molecule has 0 saturated carbocycles. The SMILES string of the molecule is O=C(COC(=O)c1cc([N+](=O)[O-])ccc1Cl)Nc1cccc([N+](=O)[O-])c1. The van der Waals surface area contributed by atoms with E-state index in [1.807, 2.05) is 0 Å². The van der Waals surface area contributed by atoms with Gasteiger partial charge in [-0.3, -0.25) is 25.0 Å². The molecule has 11 heteroatoms. The molecule has 2 aromatic rings. The number of hydrogen-bond donors (Lipinski definition) is 1. The van der Waals surface area contributed by atoms with Crippen molar-refractivity contribution in [3.63, 3.8) is 0 Å². The van der Waals surface area contributed by atoms with E-state index >= 15 is 0 Å². The molecule has 2 rings (SSSR count). The maximum atomic E-state index is 11.9. The highest BCUT2D eigenvalue weighted by Crippen LogP contribution is 2.23. The molecule has 1 N–H and O–H groups in total. The Labute approximate surface area is 150 Å². The Hall–Kier alpha value is -3.53. The standard InChI is InChI=1S/C15H10ClN3O7/c16-13-5-4-11(19(24)25)7-12(13)15(21)26-8-14(20)17-9-2-1-3-10(6-9)18(22)23/h1-7H,8H2,(H,17,20). The summed E-state index contributed by atoms with van der Waals surface area (Å²) in [4.78, 5) is 43.8. The Morgan fingerprint density at radius 1 is 1.04 bits per heavy atom. The van der Waals surface area contributed by atoms with Gasteiger partial charge in [-0.25, -0.2) is 4.79 Å². The molecular formula is C15H10ClN3O7. The summed E-state index contributed by atoms with van der Waals surface area (Å²) in [6.07, 6.45) is 0. The molecule has 26 heavy (non-hydrogen) atoms. The van der Waals surface area contributed by atoms with Gasteiger partial charge in [-0.2, -0.15) is 0 Å². The summed E-state index contributed by atoms with van der Waals surface area (Å²) >= 11 is 5.80. The molecule has 0 saturated heterocycles. The zero-order valence-electron chi connectivity index (χ0n) is 12.9. The van der Waals surface area contributed by atoms with Crippen LogP contribution in [-0.2, 0) is 9.53 Å². The number of esters is 1. The molecule has 0 aromatic heterocycles. The van der Waals surface area contributed by atoms with E-state index in [1.54, 1.807) is 0 Å². The zero-order valence-corrected chi connectivity index (χ0v) is 13.6. The summed E-state index contributed by atoms with van der Waals surface area (Å²) in [6, 6.07) is 8.40. The van der Waals surface area contributed by atoms with Crippen molar-refractivity contribution in [2.24, 2.45) is 0 Å². The molecule has 0 bridgehead atoms. The Balaban J connectivity index is 2.00. The Kier molecular flexibility index (Phi) is 5.81. The summed E-state index contributed by atoms with van der Waals surface area (Å²) in [6.45, 7) is -0.708. The number of hydrogen-bond acceptors (Lipinski definition) is 7. The number of anilines is 1. The molecule has 1 amide bonds. The topological polar surface area (TPSA) is 142 Å². The second kappa shape index (κ2) is 8.03. The molecule has 0 heterocycles. The molecule has 10 nitrogen and oxygen atoms in total. The van der Waals surface area contributed by atoms with Crippen molar-refractivity contribution in [3.8, 4) is 0 Å². The van der Waals surface area contributed by atoms with Crippen molar-refractivity contribution in [2.45, 2.75) is 0 Å². The average Bonchev–Trinajstić information content (AvgIpc) is 2.60. The number of carbonyl (C=O) groups excluding carboxylic acids is 2. The van der Waals surface area contributed by atoms with Gasteiger partial charge in [0, 0.05) is 30.0 Å². The lowest BCUT2D eigenvalue weighted by molar-refractivity contribution is -0.385. The van der Waals surface area contributed by atoms with Crippen LogP contribution in [0.4, 0.5) is 17.1 Å². The number of rotatable bonds is 6. The number of nitro benzene ring substituents is 2. The number of halogens is 1. The van der Waals surface area contributed by atoms with E-state index in [0.717, 1.165) is 18.2 Å². The fourth-order valence-electron chi connectivity index (χ4n) is 1.89. The van der Waals surface area contributed by atoms with Gasteiger partial charge in [-0.1, -0.05) is 17.7 Å². The van der Waals surface area contributed by atoms with Crippen LogP contribution in [0.15, 0.2) is 42.5 Å². The number of non-ortho nitro benzene ring substituents is 2. The number of carbonyl (C=O) groups is 2. The lowest BCUT2D eigenvalue weighted by Gasteiger charge is -2.07. The second-order valence-electron chi connectivity index (χ2n) is 4.85. The third kappa shape index (κ3) is 4.74. The third-order valence-electron chi connectivity index (χ3n) is 3.06. The van der Waals surface area contributed by atoms with Crippen LogP contribution < -0.4 is 5.32 Å². The van der Waals surface area contributed by atoms with Gasteiger partial charge < -0.3 is 10.1 Å². The van der Waals surface area contributed by atoms with Crippen LogP contribution in [0.25, 0.3) is 0 Å². The molecule has 0 unspecified atom stereocenters. The maximum absolute atomic E-state index is 11.9. The Morgan fingerprint density at radius 3 is 2.35 bits per heavy atom. The molecule has 0 fully saturated rings. The van der Waals surface area contributed by atoms with Gasteiger partial charge in [0.1, 0.15) is 0 Å². The van der Waals surface area contributed by atoms with Crippen LogP contribution in [0.5, 0.6) is 0 Å². The normalized spacial score (nSPS) is 10.0. The van der Waals surface area contributed by atoms with Crippen LogP contribution in [0.1, 0.15) is 10.4 Å². The van der Waals surface area contributed by atoms with Crippen LogP contribution in [-0.4, -0.2) is 28.3 Å². The number of ether oxygens (including phenoxy) is 1. The Morgan fingerprint density at radius 2 is 1.69 bits per heavy atom. The molecule has 2 aromatic carbocycles. The molecule has 0 atom stereocenters. The second-order valence-corrected chi connectivity index (χ2v) is 5.26. The lowest BCUT2D eigenvalue weighted by Crippen LogP contribution is -2.21. The minimum absolute atomic E-state index is 0.0697. The molecule has 0 aliphatic rings. The first-order valence-corrected chi connectivity index (χ1v) is 7.31. The van der Waals surface area contributed by atoms with E-state index in [4.69, 9.17) is 16.3 Å². The van der Waals surface area contributed by atoms with Crippen molar-refractivity contribution in [2.75, 3.05) is 11.9 Å². The van der Waals surface area contributed by atoms with E-state index in [-0.39, 0.29) is 27.6 Å². The van der Waals surface area contributed by atoms with Crippen LogP contribution >= 0.6 is 11.6 Å². The van der Waals surface area contributed by atoms with Gasteiger partial charge in [0.05, 0.1) is 20.4 Å². The summed E-state index contributed by atoms with van der Waals surface area (Å²) in [7, 11) is 0. The maximum Gasteiger partial charge on any atom is 0.340 e. The van der Waals surface area contributed by atoms with E-state index < -0.39 is 28.3 Å². The summed E-state index contributed by atoms with van der Waals surface area (Å²) in [5.74, 6) is -1.77. The third-order valence-corrected chi connectivity index (χ3v) is 3.39. The number of benzene rings is 2. The van der Waals surface area contributed by atoms with Crippen molar-refractivity contribution >= 4 is 40.5 Å². The Bertz CT molecular complexity index is 901. The van der Waals surface area contributed by atoms with Gasteiger partial charge >= 0.3 is 5.97 Å². The number of nitrogens with one attached hydrogen (secondary N) is 1. The highest BCUT2D eigenvalue weighted by Gasteiger charge is 2.18. The number of nitrogens with zero attached hydrogens (tertiary/aromatic N) is 2. The largest absolute Gasteiger partial charge is 0.452 e. The predicted octanol–water partition coefficient (Wildman–Crippen LogP) is 2.95. The fraction of sp³-hybridized carbons (Fsp3) is 0.0667. The molecule has 0 radical (unpaired) electrons. The van der Waals surface area contributed by atoms with Crippen molar-refractivity contribution in [1.82, 2.24) is 0 Å². The van der Waals surface area contributed by atoms with Gasteiger partial charge in [0.15, 0.2) is 6.61 Å². The van der Waals surface area contributed by atoms with Crippen LogP contribution in [0.2, 0.25) is 5.02 Å². The van der Waals surface area contributed by atoms with Crippen molar-refractivity contribution < 1.29 is 24.2 Å². The van der Waals surface area contributed by atoms with Gasteiger partial charge in [-0.15, -0.1) is 0 Å². The monoisotopic (exact) mass is 379 g/mol. The zero-order chi connectivity index (χ0) is 19.3. The summed E-state index contributed by atoms with van der Waals surface area (Å²) in [5, 5.41) is 23.7. The number of amides is 1. The molecular weight excluding hydrogens is 370 g/mol. The van der Waals surface area contributed by atoms with Crippen molar-refractivity contribution in [3.05, 3.63) is 73.3 Å². The minimum atomic E-state index is -1.02. The highest BCUT2D eigenvalue weighted by molar-refractivity contribution is 6.33.